The quantitative estimate of drug-likeness (QED) is 0.221. The van der Waals surface area contributed by atoms with E-state index >= 15 is 0 Å². The van der Waals surface area contributed by atoms with E-state index in [-0.39, 0.29) is 5.41 Å². The Balaban J connectivity index is 1.47. The Morgan fingerprint density at radius 3 is 1.38 bits per heavy atom. The Morgan fingerprint density at radius 2 is 0.833 bits per heavy atom. The molecule has 1 nitrogen and oxygen atoms in total. The van der Waals surface area contributed by atoms with Crippen LogP contribution in [0, 0.1) is 0 Å². The summed E-state index contributed by atoms with van der Waals surface area (Å²) < 4.78 is 0. The van der Waals surface area contributed by atoms with E-state index in [0.717, 1.165) is 15.9 Å². The molecule has 0 aromatic heterocycles. The predicted octanol–water partition coefficient (Wildman–Crippen LogP) is 7.62. The first kappa shape index (κ1) is 25.4. The average Bonchev–Trinajstić information content (AvgIpc) is 3.35. The van der Waals surface area contributed by atoms with Gasteiger partial charge in [-0.25, -0.2) is 0 Å². The maximum absolute atomic E-state index is 12.8. The van der Waals surface area contributed by atoms with E-state index in [9.17, 15) is 4.89 Å². The molecule has 204 valence electrons. The molecule has 6 aromatic carbocycles. The van der Waals surface area contributed by atoms with Gasteiger partial charge in [0.05, 0.1) is 0 Å². The average molecular weight is 561 g/mol. The third kappa shape index (κ3) is 3.21. The molecule has 1 spiro atoms. The van der Waals surface area contributed by atoms with Crippen LogP contribution in [0.5, 0.6) is 0 Å². The summed E-state index contributed by atoms with van der Waals surface area (Å²) in [5, 5.41) is 2.99. The van der Waals surface area contributed by atoms with E-state index in [1.165, 1.54) is 44.5 Å². The van der Waals surface area contributed by atoms with Gasteiger partial charge in [0.25, 0.3) is 0 Å². The normalized spacial score (nSPS) is 15.8. The third-order valence-electron chi connectivity index (χ3n) is 9.85. The van der Waals surface area contributed by atoms with Crippen LogP contribution in [-0.4, -0.2) is 4.89 Å². The topological polar surface area (TPSA) is 20.2 Å². The summed E-state index contributed by atoms with van der Waals surface area (Å²) in [4.78, 5) is 12.8. The van der Waals surface area contributed by atoms with Crippen molar-refractivity contribution >= 4 is 23.4 Å². The Morgan fingerprint density at radius 1 is 0.405 bits per heavy atom. The van der Waals surface area contributed by atoms with Gasteiger partial charge in [0.1, 0.15) is 0 Å². The zero-order chi connectivity index (χ0) is 28.5. The molecule has 2 aliphatic carbocycles. The van der Waals surface area contributed by atoms with Gasteiger partial charge >= 0.3 is 249 Å². The second-order valence-corrected chi connectivity index (χ2v) is 15.4. The third-order valence-corrected chi connectivity index (χ3v) is 13.3. The van der Waals surface area contributed by atoms with Gasteiger partial charge in [-0.2, -0.15) is 0 Å². The zero-order valence-corrected chi connectivity index (χ0v) is 24.9. The molecule has 0 bridgehead atoms. The molecular formula is C40H33OP. The van der Waals surface area contributed by atoms with Gasteiger partial charge in [-0.15, -0.1) is 0 Å². The van der Waals surface area contributed by atoms with Gasteiger partial charge in [-0.05, 0) is 0 Å². The summed E-state index contributed by atoms with van der Waals surface area (Å²) >= 11 is 0. The van der Waals surface area contributed by atoms with Crippen molar-refractivity contribution < 1.29 is 4.89 Å². The SMILES string of the molecule is CC1(C)c2ccccc2C2(c3ccccc3-c3cc([PH](O)(c4ccccc4)c4ccccc4)ccc32)c2ccccc21. The van der Waals surface area contributed by atoms with Crippen LogP contribution in [0.15, 0.2) is 152 Å². The van der Waals surface area contributed by atoms with Crippen LogP contribution < -0.4 is 15.9 Å². The summed E-state index contributed by atoms with van der Waals surface area (Å²) in [7, 11) is -3.27. The van der Waals surface area contributed by atoms with Crippen LogP contribution in [0.2, 0.25) is 0 Å². The molecule has 1 N–H and O–H groups in total. The molecule has 0 saturated heterocycles. The molecule has 0 fully saturated rings. The van der Waals surface area contributed by atoms with E-state index in [1.54, 1.807) is 0 Å². The van der Waals surface area contributed by atoms with Crippen LogP contribution in [0.3, 0.4) is 0 Å². The number of benzene rings is 6. The fourth-order valence-corrected chi connectivity index (χ4v) is 11.0. The van der Waals surface area contributed by atoms with Crippen molar-refractivity contribution in [3.8, 4) is 11.1 Å². The first-order valence-corrected chi connectivity index (χ1v) is 16.7. The number of rotatable bonds is 3. The van der Waals surface area contributed by atoms with Crippen LogP contribution in [-0.2, 0) is 10.8 Å². The molecular weight excluding hydrogens is 527 g/mol. The van der Waals surface area contributed by atoms with Gasteiger partial charge in [-0.1, -0.05) is 0 Å². The summed E-state index contributed by atoms with van der Waals surface area (Å²) in [6.07, 6.45) is 0. The molecule has 0 saturated carbocycles. The van der Waals surface area contributed by atoms with Crippen molar-refractivity contribution in [2.45, 2.75) is 24.7 Å². The Bertz CT molecular complexity index is 1880. The van der Waals surface area contributed by atoms with E-state index < -0.39 is 12.9 Å². The standard InChI is InChI=1S/C40H33OP/c1-39(2)35-21-11-13-23-37(35)40(38-24-14-12-22-36(38)39)33-20-10-9-19-31(33)32-27-30(25-26-34(32)40)42(41,28-15-5-3-6-16-28)29-17-7-4-8-18-29/h3-27,41-42H,1-2H3. The second-order valence-electron chi connectivity index (χ2n) is 12.2. The van der Waals surface area contributed by atoms with E-state index in [1.807, 2.05) is 36.4 Å². The van der Waals surface area contributed by atoms with Crippen LogP contribution in [0.4, 0.5) is 0 Å². The fraction of sp³-hybridized carbons (Fsp3) is 0.100. The molecule has 0 atom stereocenters. The van der Waals surface area contributed by atoms with Gasteiger partial charge in [0, 0.05) is 0 Å². The molecule has 0 aliphatic heterocycles. The van der Waals surface area contributed by atoms with Gasteiger partial charge < -0.3 is 0 Å². The Hall–Kier alpha value is -4.29. The van der Waals surface area contributed by atoms with Crippen LogP contribution >= 0.6 is 7.49 Å². The Labute approximate surface area is 248 Å². The molecule has 0 heterocycles. The van der Waals surface area contributed by atoms with Gasteiger partial charge in [0.2, 0.25) is 0 Å². The predicted molar refractivity (Wildman–Crippen MR) is 178 cm³/mol. The summed E-state index contributed by atoms with van der Waals surface area (Å²) in [5.74, 6) is 0. The molecule has 2 aliphatic rings. The molecule has 0 radical (unpaired) electrons. The van der Waals surface area contributed by atoms with Crippen LogP contribution in [0.25, 0.3) is 11.1 Å². The van der Waals surface area contributed by atoms with E-state index in [4.69, 9.17) is 0 Å². The Kier molecular flexibility index (Phi) is 5.51. The first-order chi connectivity index (χ1) is 20.5. The van der Waals surface area contributed by atoms with Crippen molar-refractivity contribution in [1.29, 1.82) is 0 Å². The molecule has 6 aromatic rings. The number of hydrogen-bond donors (Lipinski definition) is 1. The molecule has 42 heavy (non-hydrogen) atoms. The monoisotopic (exact) mass is 560 g/mol. The minimum atomic E-state index is -3.27. The van der Waals surface area contributed by atoms with Crippen molar-refractivity contribution in [3.63, 3.8) is 0 Å². The molecule has 2 heteroatoms. The molecule has 0 amide bonds. The summed E-state index contributed by atoms with van der Waals surface area (Å²) in [6, 6.07) is 54.3. The summed E-state index contributed by atoms with van der Waals surface area (Å²) in [6.45, 7) is 4.71. The maximum atomic E-state index is 12.8. The van der Waals surface area contributed by atoms with Crippen molar-refractivity contribution in [1.82, 2.24) is 0 Å². The molecule has 8 rings (SSSR count). The zero-order valence-electron chi connectivity index (χ0n) is 23.9. The fourth-order valence-electron chi connectivity index (χ4n) is 7.95. The van der Waals surface area contributed by atoms with Crippen molar-refractivity contribution in [2.75, 3.05) is 0 Å². The number of hydrogen-bond acceptors (Lipinski definition) is 1. The summed E-state index contributed by atoms with van der Waals surface area (Å²) in [5.41, 5.74) is 9.97. The second kappa shape index (κ2) is 9.10. The van der Waals surface area contributed by atoms with Crippen molar-refractivity contribution in [3.05, 3.63) is 185 Å². The first-order valence-electron chi connectivity index (χ1n) is 14.8. The molecule has 0 unspecified atom stereocenters. The minimum absolute atomic E-state index is 0.121. The van der Waals surface area contributed by atoms with E-state index in [2.05, 4.69) is 129 Å². The van der Waals surface area contributed by atoms with Gasteiger partial charge in [0.15, 0.2) is 0 Å². The van der Waals surface area contributed by atoms with Crippen LogP contribution in [0.1, 0.15) is 47.2 Å². The van der Waals surface area contributed by atoms with Gasteiger partial charge in [-0.3, -0.25) is 0 Å². The van der Waals surface area contributed by atoms with E-state index in [0.29, 0.717) is 0 Å². The number of fused-ring (bicyclic) bond motifs is 9. The van der Waals surface area contributed by atoms with Crippen molar-refractivity contribution in [2.24, 2.45) is 0 Å².